The van der Waals surface area contributed by atoms with Crippen molar-refractivity contribution in [2.45, 2.75) is 30.2 Å². The van der Waals surface area contributed by atoms with Crippen molar-refractivity contribution in [2.75, 3.05) is 5.32 Å². The lowest BCUT2D eigenvalue weighted by atomic mass is 9.86. The van der Waals surface area contributed by atoms with Gasteiger partial charge in [0.05, 0.1) is 5.56 Å². The Hall–Kier alpha value is -3.38. The van der Waals surface area contributed by atoms with Gasteiger partial charge in [0.15, 0.2) is 5.16 Å². The smallest absolute Gasteiger partial charge is 0.279 e. The number of carbonyl (C=O) groups excluding carboxylic acids is 1. The molecule has 0 radical (unpaired) electrons. The summed E-state index contributed by atoms with van der Waals surface area (Å²) in [5.74, 6) is 0.837. The Morgan fingerprint density at radius 2 is 1.78 bits per heavy atom. The van der Waals surface area contributed by atoms with Gasteiger partial charge >= 0.3 is 0 Å². The number of aromatic nitrogens is 2. The number of nitrogens with zero attached hydrogens (tertiary/aromatic N) is 2. The molecule has 1 N–H and O–H groups in total. The van der Waals surface area contributed by atoms with Crippen LogP contribution in [0.25, 0.3) is 10.8 Å². The Bertz CT molecular complexity index is 1390. The zero-order valence-electron chi connectivity index (χ0n) is 18.0. The molecular weight excluding hydrogens is 418 g/mol. The maximum atomic E-state index is 13.2. The van der Waals surface area contributed by atoms with E-state index in [1.165, 1.54) is 17.3 Å². The van der Waals surface area contributed by atoms with Gasteiger partial charge in [0.2, 0.25) is 5.91 Å². The molecule has 2 heterocycles. The van der Waals surface area contributed by atoms with Crippen molar-refractivity contribution in [3.63, 3.8) is 0 Å². The first kappa shape index (κ1) is 20.5. The largest absolute Gasteiger partial charge is 0.312 e. The maximum absolute atomic E-state index is 13.2. The van der Waals surface area contributed by atoms with Crippen LogP contribution in [0, 0.1) is 6.92 Å². The highest BCUT2D eigenvalue weighted by molar-refractivity contribution is 7.98. The predicted octanol–water partition coefficient (Wildman–Crippen LogP) is 5.01. The minimum atomic E-state index is -0.314. The van der Waals surface area contributed by atoms with Gasteiger partial charge < -0.3 is 9.88 Å². The van der Waals surface area contributed by atoms with E-state index < -0.39 is 0 Å². The fourth-order valence-corrected chi connectivity index (χ4v) is 5.13. The molecule has 1 aromatic heterocycles. The van der Waals surface area contributed by atoms with Gasteiger partial charge in [-0.2, -0.15) is 4.98 Å². The predicted molar refractivity (Wildman–Crippen MR) is 129 cm³/mol. The summed E-state index contributed by atoms with van der Waals surface area (Å²) in [7, 11) is 1.85. The molecule has 6 heteroatoms. The van der Waals surface area contributed by atoms with E-state index >= 15 is 0 Å². The highest BCUT2D eigenvalue weighted by Crippen LogP contribution is 2.37. The molecule has 4 aromatic rings. The summed E-state index contributed by atoms with van der Waals surface area (Å²) < 4.78 is 1.83. The van der Waals surface area contributed by atoms with Crippen LogP contribution in [0.5, 0.6) is 0 Å². The summed E-state index contributed by atoms with van der Waals surface area (Å²) >= 11 is 1.49. The van der Waals surface area contributed by atoms with Gasteiger partial charge in [-0.05, 0) is 28.8 Å². The van der Waals surface area contributed by atoms with Crippen LogP contribution in [-0.2, 0) is 17.6 Å². The molecule has 0 saturated carbocycles. The van der Waals surface area contributed by atoms with Crippen molar-refractivity contribution in [1.82, 2.24) is 9.55 Å². The minimum Gasteiger partial charge on any atom is -0.312 e. The number of rotatable bonds is 4. The van der Waals surface area contributed by atoms with E-state index in [1.54, 1.807) is 0 Å². The summed E-state index contributed by atoms with van der Waals surface area (Å²) in [6, 6.07) is 22.5. The summed E-state index contributed by atoms with van der Waals surface area (Å²) in [5, 5.41) is 5.73. The van der Waals surface area contributed by atoms with E-state index in [-0.39, 0.29) is 23.8 Å². The standard InChI is InChI=1S/C26H23N3O2S/c1-16-7-9-17(10-8-16)15-32-26-28-25(31)23-21(14-22(30)27-24(23)29(26)2)20-12-11-18-5-3-4-6-19(18)13-20/h3-13,21H,14-15H2,1-2H3,(H,27,30). The average molecular weight is 442 g/mol. The van der Waals surface area contributed by atoms with Gasteiger partial charge in [-0.3, -0.25) is 9.59 Å². The van der Waals surface area contributed by atoms with E-state index in [0.29, 0.717) is 22.3 Å². The second-order valence-corrected chi connectivity index (χ2v) is 9.15. The number of nitrogens with one attached hydrogen (secondary N) is 1. The van der Waals surface area contributed by atoms with Gasteiger partial charge in [0, 0.05) is 25.1 Å². The van der Waals surface area contributed by atoms with Gasteiger partial charge in [0.1, 0.15) is 5.82 Å². The van der Waals surface area contributed by atoms with Crippen LogP contribution < -0.4 is 10.9 Å². The molecule has 0 bridgehead atoms. The molecule has 1 amide bonds. The Morgan fingerprint density at radius 1 is 1.03 bits per heavy atom. The molecule has 1 aliphatic rings. The quantitative estimate of drug-likeness (QED) is 0.357. The third kappa shape index (κ3) is 3.82. The number of benzene rings is 3. The normalized spacial score (nSPS) is 15.4. The van der Waals surface area contributed by atoms with Crippen molar-refractivity contribution in [1.29, 1.82) is 0 Å². The van der Waals surface area contributed by atoms with Crippen LogP contribution in [0.15, 0.2) is 76.7 Å². The van der Waals surface area contributed by atoms with Crippen molar-refractivity contribution in [3.05, 3.63) is 99.3 Å². The lowest BCUT2D eigenvalue weighted by molar-refractivity contribution is -0.116. The molecule has 5 rings (SSSR count). The number of hydrogen-bond donors (Lipinski definition) is 1. The van der Waals surface area contributed by atoms with Crippen molar-refractivity contribution < 1.29 is 4.79 Å². The van der Waals surface area contributed by atoms with Crippen LogP contribution in [0.3, 0.4) is 0 Å². The summed E-state index contributed by atoms with van der Waals surface area (Å²) in [6.07, 6.45) is 0.234. The van der Waals surface area contributed by atoms with E-state index in [0.717, 1.165) is 21.9 Å². The molecule has 3 aromatic carbocycles. The third-order valence-electron chi connectivity index (χ3n) is 5.97. The molecule has 32 heavy (non-hydrogen) atoms. The molecule has 1 unspecified atom stereocenters. The first-order valence-corrected chi connectivity index (χ1v) is 11.6. The summed E-state index contributed by atoms with van der Waals surface area (Å²) in [6.45, 7) is 2.06. The topological polar surface area (TPSA) is 64.0 Å². The SMILES string of the molecule is Cc1ccc(CSc2nc(=O)c3c(n2C)NC(=O)CC3c2ccc3ccccc3c2)cc1. The monoisotopic (exact) mass is 441 g/mol. The Balaban J connectivity index is 1.53. The van der Waals surface area contributed by atoms with Gasteiger partial charge in [-0.15, -0.1) is 0 Å². The fourth-order valence-electron chi connectivity index (χ4n) is 4.21. The Morgan fingerprint density at radius 3 is 2.56 bits per heavy atom. The second kappa shape index (κ2) is 8.28. The number of amides is 1. The number of hydrogen-bond acceptors (Lipinski definition) is 4. The lowest BCUT2D eigenvalue weighted by Gasteiger charge is -2.27. The fraction of sp³-hybridized carbons (Fsp3) is 0.192. The van der Waals surface area contributed by atoms with E-state index in [2.05, 4.69) is 53.6 Å². The van der Waals surface area contributed by atoms with Crippen LogP contribution in [-0.4, -0.2) is 15.5 Å². The van der Waals surface area contributed by atoms with Crippen LogP contribution in [0.4, 0.5) is 5.82 Å². The number of thioether (sulfide) groups is 1. The maximum Gasteiger partial charge on any atom is 0.279 e. The van der Waals surface area contributed by atoms with Gasteiger partial charge in [-0.1, -0.05) is 84.1 Å². The number of carbonyl (C=O) groups is 1. The molecule has 1 atom stereocenters. The van der Waals surface area contributed by atoms with Crippen LogP contribution in [0.2, 0.25) is 0 Å². The zero-order valence-corrected chi connectivity index (χ0v) is 18.8. The highest BCUT2D eigenvalue weighted by Gasteiger charge is 2.32. The molecule has 5 nitrogen and oxygen atoms in total. The highest BCUT2D eigenvalue weighted by atomic mass is 32.2. The average Bonchev–Trinajstić information content (AvgIpc) is 2.80. The van der Waals surface area contributed by atoms with Gasteiger partial charge in [0.25, 0.3) is 5.56 Å². The van der Waals surface area contributed by atoms with E-state index in [4.69, 9.17) is 0 Å². The molecular formula is C26H23N3O2S. The molecule has 0 spiro atoms. The number of anilines is 1. The first-order chi connectivity index (χ1) is 15.5. The molecule has 1 aliphatic heterocycles. The van der Waals surface area contributed by atoms with E-state index in [1.807, 2.05) is 41.9 Å². The Labute approximate surface area is 190 Å². The van der Waals surface area contributed by atoms with Gasteiger partial charge in [-0.25, -0.2) is 0 Å². The van der Waals surface area contributed by atoms with Crippen molar-refractivity contribution in [2.24, 2.45) is 7.05 Å². The van der Waals surface area contributed by atoms with Crippen LogP contribution in [0.1, 0.15) is 34.6 Å². The molecule has 160 valence electrons. The minimum absolute atomic E-state index is 0.0913. The zero-order chi connectivity index (χ0) is 22.2. The van der Waals surface area contributed by atoms with Crippen LogP contribution >= 0.6 is 11.8 Å². The lowest BCUT2D eigenvalue weighted by Crippen LogP contribution is -2.33. The number of aryl methyl sites for hydroxylation is 1. The third-order valence-corrected chi connectivity index (χ3v) is 7.07. The van der Waals surface area contributed by atoms with Crippen molar-refractivity contribution in [3.8, 4) is 0 Å². The molecule has 0 fully saturated rings. The summed E-state index contributed by atoms with van der Waals surface area (Å²) in [4.78, 5) is 30.2. The van der Waals surface area contributed by atoms with E-state index in [9.17, 15) is 9.59 Å². The summed E-state index contributed by atoms with van der Waals surface area (Å²) in [5.41, 5.74) is 3.61. The second-order valence-electron chi connectivity index (χ2n) is 8.21. The Kier molecular flexibility index (Phi) is 5.31. The molecule has 0 saturated heterocycles. The number of fused-ring (bicyclic) bond motifs is 2. The van der Waals surface area contributed by atoms with Crippen molar-refractivity contribution >= 4 is 34.3 Å². The first-order valence-electron chi connectivity index (χ1n) is 10.6. The molecule has 0 aliphatic carbocycles.